The van der Waals surface area contributed by atoms with Crippen molar-refractivity contribution in [2.24, 2.45) is 0 Å². The number of halogens is 1. The molecule has 4 aromatic rings. The minimum Gasteiger partial charge on any atom is -0.496 e. The summed E-state index contributed by atoms with van der Waals surface area (Å²) in [6.07, 6.45) is 1.31. The molecule has 0 saturated heterocycles. The first-order chi connectivity index (χ1) is 17.7. The maximum atomic E-state index is 11.9. The number of hydrogen-bond acceptors (Lipinski definition) is 9. The van der Waals surface area contributed by atoms with Crippen LogP contribution in [-0.4, -0.2) is 33.3 Å². The molecule has 0 radical (unpaired) electrons. The standard InChI is InChI=1S/C25H18ClN3O6S2/c1-14-3-7-17(8-4-14)36-21-10-5-15(11-19(21)29(32)33)12-22(24(30)31)37-25-28-27-23(35-25)18-13-16(26)6-9-20(18)34-2/h3-13H,1-2H3,(H,30,31)/b22-12+. The zero-order valence-electron chi connectivity index (χ0n) is 19.4. The molecule has 9 nitrogen and oxygen atoms in total. The number of aliphatic carboxylic acids is 1. The summed E-state index contributed by atoms with van der Waals surface area (Å²) in [6, 6.07) is 17.0. The summed E-state index contributed by atoms with van der Waals surface area (Å²) in [5.74, 6) is -0.708. The lowest BCUT2D eigenvalue weighted by Crippen LogP contribution is -1.97. The van der Waals surface area contributed by atoms with Crippen LogP contribution in [0.2, 0.25) is 5.02 Å². The van der Waals surface area contributed by atoms with Crippen LogP contribution in [0, 0.1) is 17.0 Å². The molecule has 37 heavy (non-hydrogen) atoms. The van der Waals surface area contributed by atoms with E-state index in [-0.39, 0.29) is 21.7 Å². The van der Waals surface area contributed by atoms with Crippen molar-refractivity contribution in [3.63, 3.8) is 0 Å². The molecule has 1 aromatic heterocycles. The first-order valence-electron chi connectivity index (χ1n) is 10.6. The highest BCUT2D eigenvalue weighted by Gasteiger charge is 2.20. The van der Waals surface area contributed by atoms with Crippen LogP contribution in [0.25, 0.3) is 17.5 Å². The Bertz CT molecular complexity index is 1500. The number of methoxy groups -OCH3 is 1. The molecular weight excluding hydrogens is 538 g/mol. The molecule has 4 rings (SSSR count). The largest absolute Gasteiger partial charge is 0.496 e. The fourth-order valence-electron chi connectivity index (χ4n) is 3.17. The molecule has 0 bridgehead atoms. The van der Waals surface area contributed by atoms with Crippen LogP contribution in [0.1, 0.15) is 11.1 Å². The molecule has 0 amide bonds. The van der Waals surface area contributed by atoms with Crippen molar-refractivity contribution in [3.05, 3.63) is 91.8 Å². The van der Waals surface area contributed by atoms with Gasteiger partial charge in [-0.15, -0.1) is 10.2 Å². The van der Waals surface area contributed by atoms with Crippen molar-refractivity contribution in [1.29, 1.82) is 0 Å². The Morgan fingerprint density at radius 2 is 1.89 bits per heavy atom. The highest BCUT2D eigenvalue weighted by molar-refractivity contribution is 8.03. The smallest absolute Gasteiger partial charge is 0.342 e. The molecule has 0 aliphatic carbocycles. The van der Waals surface area contributed by atoms with Crippen molar-refractivity contribution >= 4 is 52.9 Å². The van der Waals surface area contributed by atoms with Crippen LogP contribution >= 0.6 is 35.1 Å². The van der Waals surface area contributed by atoms with E-state index < -0.39 is 10.9 Å². The Kier molecular flexibility index (Phi) is 8.17. The van der Waals surface area contributed by atoms with Gasteiger partial charge in [0.2, 0.25) is 0 Å². The van der Waals surface area contributed by atoms with E-state index in [0.717, 1.165) is 22.2 Å². The minimum atomic E-state index is -1.26. The molecule has 1 N–H and O–H groups in total. The Hall–Kier alpha value is -3.80. The number of thioether (sulfide) groups is 1. The second-order valence-electron chi connectivity index (χ2n) is 7.53. The molecular formula is C25H18ClN3O6S2. The van der Waals surface area contributed by atoms with Crippen LogP contribution in [0.3, 0.4) is 0 Å². The highest BCUT2D eigenvalue weighted by atomic mass is 35.5. The van der Waals surface area contributed by atoms with Gasteiger partial charge in [0.25, 0.3) is 16.8 Å². The third kappa shape index (κ3) is 6.50. The molecule has 12 heteroatoms. The number of carboxylic acid groups (broad SMARTS) is 1. The molecule has 0 spiro atoms. The van der Waals surface area contributed by atoms with Gasteiger partial charge >= 0.3 is 5.97 Å². The lowest BCUT2D eigenvalue weighted by atomic mass is 10.2. The van der Waals surface area contributed by atoms with E-state index in [1.807, 2.05) is 31.2 Å². The molecule has 0 atom stereocenters. The summed E-state index contributed by atoms with van der Waals surface area (Å²) in [6.45, 7) is 1.96. The minimum absolute atomic E-state index is 0.0354. The Balaban J connectivity index is 1.61. The summed E-state index contributed by atoms with van der Waals surface area (Å²) in [7, 11) is 1.48. The molecule has 0 fully saturated rings. The van der Waals surface area contributed by atoms with Gasteiger partial charge in [0.15, 0.2) is 0 Å². The summed E-state index contributed by atoms with van der Waals surface area (Å²) in [5.41, 5.74) is 1.73. The zero-order chi connectivity index (χ0) is 26.5. The number of rotatable bonds is 9. The molecule has 3 aromatic carbocycles. The lowest BCUT2D eigenvalue weighted by molar-refractivity contribution is -0.387. The van der Waals surface area contributed by atoms with E-state index in [1.54, 1.807) is 30.3 Å². The average Bonchev–Trinajstić information content (AvgIpc) is 3.34. The predicted octanol–water partition coefficient (Wildman–Crippen LogP) is 6.98. The van der Waals surface area contributed by atoms with E-state index in [2.05, 4.69) is 10.2 Å². The van der Waals surface area contributed by atoms with Crippen LogP contribution in [-0.2, 0) is 4.79 Å². The zero-order valence-corrected chi connectivity index (χ0v) is 21.8. The predicted molar refractivity (Wildman–Crippen MR) is 141 cm³/mol. The topological polar surface area (TPSA) is 129 Å². The number of hydrogen-bond donors (Lipinski definition) is 1. The molecule has 0 saturated carbocycles. The first kappa shape index (κ1) is 26.3. The van der Waals surface area contributed by atoms with Gasteiger partial charge < -0.3 is 14.3 Å². The van der Waals surface area contributed by atoms with Gasteiger partial charge in [0, 0.05) is 16.0 Å². The third-order valence-electron chi connectivity index (χ3n) is 4.93. The van der Waals surface area contributed by atoms with Gasteiger partial charge in [-0.3, -0.25) is 10.1 Å². The molecule has 188 valence electrons. The molecule has 0 aliphatic rings. The number of benzene rings is 3. The second kappa shape index (κ2) is 11.5. The van der Waals surface area contributed by atoms with Gasteiger partial charge in [-0.1, -0.05) is 47.1 Å². The van der Waals surface area contributed by atoms with E-state index in [1.165, 1.54) is 31.0 Å². The third-order valence-corrected chi connectivity index (χ3v) is 7.09. The van der Waals surface area contributed by atoms with Crippen LogP contribution in [0.4, 0.5) is 5.69 Å². The van der Waals surface area contributed by atoms with Crippen LogP contribution in [0.15, 0.2) is 85.0 Å². The fraction of sp³-hybridized carbons (Fsp3) is 0.0800. The van der Waals surface area contributed by atoms with Crippen LogP contribution in [0.5, 0.6) is 5.75 Å². The maximum Gasteiger partial charge on any atom is 0.342 e. The maximum absolute atomic E-state index is 11.9. The number of aromatic nitrogens is 2. The van der Waals surface area contributed by atoms with E-state index in [9.17, 15) is 20.0 Å². The summed E-state index contributed by atoms with van der Waals surface area (Å²) < 4.78 is 10.9. The average molecular weight is 556 g/mol. The summed E-state index contributed by atoms with van der Waals surface area (Å²) in [4.78, 5) is 24.3. The van der Waals surface area contributed by atoms with E-state index in [0.29, 0.717) is 26.8 Å². The summed E-state index contributed by atoms with van der Waals surface area (Å²) >= 11 is 8.03. The Labute approximate surface area is 224 Å². The van der Waals surface area contributed by atoms with E-state index >= 15 is 0 Å². The monoisotopic (exact) mass is 555 g/mol. The number of nitrogens with zero attached hydrogens (tertiary/aromatic N) is 3. The van der Waals surface area contributed by atoms with E-state index in [4.69, 9.17) is 20.8 Å². The Morgan fingerprint density at radius 3 is 2.57 bits per heavy atom. The van der Waals surface area contributed by atoms with Gasteiger partial charge in [-0.25, -0.2) is 4.79 Å². The number of nitro benzene ring substituents is 1. The van der Waals surface area contributed by atoms with Gasteiger partial charge in [-0.2, -0.15) is 0 Å². The van der Waals surface area contributed by atoms with Crippen molar-refractivity contribution in [2.45, 2.75) is 21.9 Å². The van der Waals surface area contributed by atoms with Crippen molar-refractivity contribution in [2.75, 3.05) is 7.11 Å². The van der Waals surface area contributed by atoms with Gasteiger partial charge in [-0.05, 0) is 66.7 Å². The number of carboxylic acids is 1. The normalized spacial score (nSPS) is 11.4. The molecule has 0 aliphatic heterocycles. The van der Waals surface area contributed by atoms with Crippen molar-refractivity contribution < 1.29 is 24.0 Å². The summed E-state index contributed by atoms with van der Waals surface area (Å²) in [5, 5.41) is 29.7. The first-order valence-corrected chi connectivity index (χ1v) is 12.6. The number of nitro groups is 1. The van der Waals surface area contributed by atoms with Gasteiger partial charge in [0.1, 0.15) is 10.7 Å². The van der Waals surface area contributed by atoms with Crippen LogP contribution < -0.4 is 4.74 Å². The number of carbonyl (C=O) groups is 1. The molecule has 1 heterocycles. The lowest BCUT2D eigenvalue weighted by Gasteiger charge is -2.06. The quantitative estimate of drug-likeness (QED) is 0.0998. The SMILES string of the molecule is COc1ccc(Cl)cc1-c1nnc(S/C(=C/c2ccc(Sc3ccc(C)cc3)c([N+](=O)[O-])c2)C(=O)O)o1. The Morgan fingerprint density at radius 1 is 1.14 bits per heavy atom. The van der Waals surface area contributed by atoms with Gasteiger partial charge in [0.05, 0.1) is 22.5 Å². The number of ether oxygens (including phenoxy) is 1. The highest BCUT2D eigenvalue weighted by Crippen LogP contribution is 2.38. The number of aryl methyl sites for hydroxylation is 1. The van der Waals surface area contributed by atoms with Crippen molar-refractivity contribution in [1.82, 2.24) is 10.2 Å². The second-order valence-corrected chi connectivity index (χ2v) is 10.1. The fourth-order valence-corrected chi connectivity index (χ4v) is 4.92. The molecule has 0 unspecified atom stereocenters. The van der Waals surface area contributed by atoms with Crippen molar-refractivity contribution in [3.8, 4) is 17.2 Å².